The van der Waals surface area contributed by atoms with E-state index >= 15 is 0 Å². The highest BCUT2D eigenvalue weighted by molar-refractivity contribution is 7.97. The predicted molar refractivity (Wildman–Crippen MR) is 139 cm³/mol. The van der Waals surface area contributed by atoms with Crippen LogP contribution in [0.1, 0.15) is 42.6 Å². The van der Waals surface area contributed by atoms with Crippen molar-refractivity contribution in [2.75, 3.05) is 37.0 Å². The van der Waals surface area contributed by atoms with Crippen molar-refractivity contribution in [3.8, 4) is 11.5 Å². The van der Waals surface area contributed by atoms with Crippen LogP contribution in [0.4, 0.5) is 11.4 Å². The summed E-state index contributed by atoms with van der Waals surface area (Å²) in [6.07, 6.45) is 3.12. The number of benzene rings is 2. The number of carbonyl (C=O) groups excluding carboxylic acids is 2. The lowest BCUT2D eigenvalue weighted by molar-refractivity contribution is -0.112. The predicted octanol–water partition coefficient (Wildman–Crippen LogP) is 4.37. The maximum Gasteiger partial charge on any atom is 0.338 e. The minimum atomic E-state index is -4.23. The van der Waals surface area contributed by atoms with Gasteiger partial charge in [0.1, 0.15) is 0 Å². The van der Waals surface area contributed by atoms with Gasteiger partial charge in [-0.25, -0.2) is 13.2 Å². The summed E-state index contributed by atoms with van der Waals surface area (Å²) in [6, 6.07) is 9.26. The van der Waals surface area contributed by atoms with Crippen molar-refractivity contribution in [3.05, 3.63) is 65.1 Å². The average molecular weight is 515 g/mol. The molecule has 36 heavy (non-hydrogen) atoms. The Balaban J connectivity index is 1.97. The third kappa shape index (κ3) is 5.23. The second-order valence-electron chi connectivity index (χ2n) is 8.02. The van der Waals surface area contributed by atoms with Gasteiger partial charge in [-0.15, -0.1) is 6.58 Å². The van der Waals surface area contributed by atoms with E-state index in [0.29, 0.717) is 40.6 Å². The molecule has 9 nitrogen and oxygen atoms in total. The number of unbranched alkanes of at least 4 members (excludes halogenated alkanes) is 1. The Bertz CT molecular complexity index is 1300. The van der Waals surface area contributed by atoms with Gasteiger partial charge in [0, 0.05) is 17.3 Å². The molecule has 1 aliphatic rings. The van der Waals surface area contributed by atoms with E-state index in [1.54, 1.807) is 19.1 Å². The van der Waals surface area contributed by atoms with Gasteiger partial charge in [0.2, 0.25) is 0 Å². The molecular weight excluding hydrogens is 484 g/mol. The number of nitrogens with one attached hydrogen (secondary N) is 1. The largest absolute Gasteiger partial charge is 0.493 e. The maximum atomic E-state index is 13.6. The lowest BCUT2D eigenvalue weighted by Gasteiger charge is -2.32. The van der Waals surface area contributed by atoms with Gasteiger partial charge in [-0.05, 0) is 49.2 Å². The van der Waals surface area contributed by atoms with Crippen LogP contribution in [-0.4, -0.2) is 47.7 Å². The summed E-state index contributed by atoms with van der Waals surface area (Å²) in [6.45, 7) is 7.50. The molecule has 1 heterocycles. The fourth-order valence-corrected chi connectivity index (χ4v) is 5.52. The molecule has 0 aromatic heterocycles. The maximum absolute atomic E-state index is 13.6. The first-order valence-electron chi connectivity index (χ1n) is 11.4. The van der Waals surface area contributed by atoms with E-state index in [1.165, 1.54) is 44.6 Å². The first-order chi connectivity index (χ1) is 17.2. The fraction of sp³-hybridized carbons (Fsp3) is 0.308. The Morgan fingerprint density at radius 2 is 1.72 bits per heavy atom. The first-order valence-corrected chi connectivity index (χ1v) is 12.8. The van der Waals surface area contributed by atoms with Crippen LogP contribution >= 0.6 is 0 Å². The van der Waals surface area contributed by atoms with Crippen molar-refractivity contribution in [2.24, 2.45) is 0 Å². The summed E-state index contributed by atoms with van der Waals surface area (Å²) in [5.74, 6) is -0.514. The normalized spacial score (nSPS) is 14.1. The van der Waals surface area contributed by atoms with Gasteiger partial charge in [-0.2, -0.15) is 0 Å². The standard InChI is InChI=1S/C26H30N2O7S/c1-6-8-14-35-26(30)18-9-11-19(12-10-18)27-25(29)24-17(3)20-15-22(33-4)23(34-5)16-21(20)28(13-7-2)36(24,31)32/h7,9-12,15-16H,2,6,8,13-14H2,1,3-5H3,(H,27,29). The Hall–Kier alpha value is -3.79. The van der Waals surface area contributed by atoms with Crippen LogP contribution in [0.5, 0.6) is 11.5 Å². The second kappa shape index (κ2) is 11.3. The number of esters is 1. The molecule has 192 valence electrons. The van der Waals surface area contributed by atoms with Crippen LogP contribution in [0.15, 0.2) is 54.0 Å². The van der Waals surface area contributed by atoms with Gasteiger partial charge in [0.15, 0.2) is 16.4 Å². The summed E-state index contributed by atoms with van der Waals surface area (Å²) in [5.41, 5.74) is 1.79. The van der Waals surface area contributed by atoms with E-state index in [2.05, 4.69) is 11.9 Å². The number of amides is 1. The summed E-state index contributed by atoms with van der Waals surface area (Å²) in [7, 11) is -1.30. The molecule has 0 saturated carbocycles. The van der Waals surface area contributed by atoms with Gasteiger partial charge < -0.3 is 19.5 Å². The molecule has 2 aromatic rings. The number of ether oxygens (including phenoxy) is 3. The Morgan fingerprint density at radius 3 is 2.31 bits per heavy atom. The molecule has 1 aliphatic heterocycles. The number of methoxy groups -OCH3 is 2. The lowest BCUT2D eigenvalue weighted by Crippen LogP contribution is -2.39. The quantitative estimate of drug-likeness (QED) is 0.285. The van der Waals surface area contributed by atoms with Crippen molar-refractivity contribution in [1.82, 2.24) is 0 Å². The third-order valence-electron chi connectivity index (χ3n) is 5.67. The molecule has 0 saturated heterocycles. The summed E-state index contributed by atoms with van der Waals surface area (Å²) in [4.78, 5) is 25.0. The number of nitrogens with zero attached hydrogens (tertiary/aromatic N) is 1. The minimum absolute atomic E-state index is 0.0519. The Morgan fingerprint density at radius 1 is 1.08 bits per heavy atom. The lowest BCUT2D eigenvalue weighted by atomic mass is 10.0. The highest BCUT2D eigenvalue weighted by Gasteiger charge is 2.40. The number of hydrogen-bond acceptors (Lipinski definition) is 7. The minimum Gasteiger partial charge on any atom is -0.493 e. The zero-order valence-corrected chi connectivity index (χ0v) is 21.6. The van der Waals surface area contributed by atoms with Crippen molar-refractivity contribution in [1.29, 1.82) is 0 Å². The van der Waals surface area contributed by atoms with E-state index in [1.807, 2.05) is 6.92 Å². The smallest absolute Gasteiger partial charge is 0.338 e. The van der Waals surface area contributed by atoms with Crippen LogP contribution in [0.3, 0.4) is 0 Å². The molecular formula is C26H30N2O7S. The molecule has 0 radical (unpaired) electrons. The number of hydrogen-bond donors (Lipinski definition) is 1. The van der Waals surface area contributed by atoms with E-state index in [0.717, 1.165) is 17.1 Å². The van der Waals surface area contributed by atoms with Crippen LogP contribution in [-0.2, 0) is 19.6 Å². The monoisotopic (exact) mass is 514 g/mol. The molecule has 3 rings (SSSR count). The number of sulfonamides is 1. The SMILES string of the molecule is C=CCN1c2cc(OC)c(OC)cc2C(C)=C(C(=O)Nc2ccc(C(=O)OCCCC)cc2)S1(=O)=O. The van der Waals surface area contributed by atoms with Gasteiger partial charge in [0.05, 0.1) is 38.6 Å². The summed E-state index contributed by atoms with van der Waals surface area (Å²) in [5, 5.41) is 2.62. The second-order valence-corrected chi connectivity index (χ2v) is 9.82. The van der Waals surface area contributed by atoms with Gasteiger partial charge in [-0.1, -0.05) is 19.4 Å². The Kier molecular flexibility index (Phi) is 8.41. The number of allylic oxidation sites excluding steroid dienone is 1. The molecule has 1 amide bonds. The highest BCUT2D eigenvalue weighted by Crippen LogP contribution is 2.45. The Labute approximate surface area is 211 Å². The molecule has 0 fully saturated rings. The van der Waals surface area contributed by atoms with Gasteiger partial charge in [0.25, 0.3) is 15.9 Å². The highest BCUT2D eigenvalue weighted by atomic mass is 32.2. The van der Waals surface area contributed by atoms with Crippen LogP contribution in [0, 0.1) is 0 Å². The summed E-state index contributed by atoms with van der Waals surface area (Å²) < 4.78 is 44.1. The molecule has 0 aliphatic carbocycles. The van der Waals surface area contributed by atoms with Crippen molar-refractivity contribution in [2.45, 2.75) is 26.7 Å². The van der Waals surface area contributed by atoms with Crippen molar-refractivity contribution < 1.29 is 32.2 Å². The number of carbonyl (C=O) groups is 2. The number of rotatable bonds is 10. The van der Waals surface area contributed by atoms with E-state index in [9.17, 15) is 18.0 Å². The molecule has 0 atom stereocenters. The zero-order chi connectivity index (χ0) is 26.5. The van der Waals surface area contributed by atoms with Gasteiger partial charge in [-0.3, -0.25) is 9.10 Å². The number of fused-ring (bicyclic) bond motifs is 1. The molecule has 0 bridgehead atoms. The van der Waals surface area contributed by atoms with Crippen molar-refractivity contribution in [3.63, 3.8) is 0 Å². The van der Waals surface area contributed by atoms with Crippen molar-refractivity contribution >= 4 is 38.8 Å². The van der Waals surface area contributed by atoms with Crippen LogP contribution < -0.4 is 19.1 Å². The average Bonchev–Trinajstić information content (AvgIpc) is 2.86. The zero-order valence-electron chi connectivity index (χ0n) is 20.8. The summed E-state index contributed by atoms with van der Waals surface area (Å²) >= 11 is 0. The van der Waals surface area contributed by atoms with Gasteiger partial charge >= 0.3 is 5.97 Å². The van der Waals surface area contributed by atoms with Crippen LogP contribution in [0.25, 0.3) is 5.57 Å². The van der Waals surface area contributed by atoms with E-state index in [4.69, 9.17) is 14.2 Å². The topological polar surface area (TPSA) is 111 Å². The van der Waals surface area contributed by atoms with Crippen LogP contribution in [0.2, 0.25) is 0 Å². The fourth-order valence-electron chi connectivity index (χ4n) is 3.80. The molecule has 10 heteroatoms. The molecule has 0 unspecified atom stereocenters. The third-order valence-corrected chi connectivity index (χ3v) is 7.61. The molecule has 0 spiro atoms. The van der Waals surface area contributed by atoms with E-state index in [-0.39, 0.29) is 12.1 Å². The van der Waals surface area contributed by atoms with E-state index < -0.39 is 26.8 Å². The molecule has 2 aromatic carbocycles. The molecule has 1 N–H and O–H groups in total. The number of anilines is 2. The first kappa shape index (κ1) is 26.8.